The second kappa shape index (κ2) is 7.69. The van der Waals surface area contributed by atoms with E-state index < -0.39 is 11.6 Å². The van der Waals surface area contributed by atoms with Crippen LogP contribution in [0.3, 0.4) is 0 Å². The number of carbonyl (C=O) groups is 2. The summed E-state index contributed by atoms with van der Waals surface area (Å²) in [7, 11) is 2.10. The molecule has 6 nitrogen and oxygen atoms in total. The third-order valence-electron chi connectivity index (χ3n) is 5.61. The zero-order valence-electron chi connectivity index (χ0n) is 16.6. The fourth-order valence-electron chi connectivity index (χ4n) is 3.85. The smallest absolute Gasteiger partial charge is 0.339 e. The second-order valence-electron chi connectivity index (χ2n) is 7.86. The fourth-order valence-corrected chi connectivity index (χ4v) is 4.02. The lowest BCUT2D eigenvalue weighted by Crippen LogP contribution is -2.49. The molecule has 152 valence electrons. The minimum Gasteiger partial charge on any atom is -0.445 e. The van der Waals surface area contributed by atoms with Crippen LogP contribution in [0.2, 0.25) is 5.02 Å². The molecule has 0 spiro atoms. The average Bonchev–Trinajstić information content (AvgIpc) is 2.69. The standard InChI is InChI=1S/C22H24ClN3O3/c1-22(14-15-5-3-4-6-17(15)20(27)29-22)21(28)24-18-13-16(23)7-8-19(18)26-11-9-25(2)10-12-26/h3-8,13H,9-12,14H2,1-2H3,(H,24,28). The molecule has 1 unspecified atom stereocenters. The topological polar surface area (TPSA) is 61.9 Å². The van der Waals surface area contributed by atoms with E-state index >= 15 is 0 Å². The predicted molar refractivity (Wildman–Crippen MR) is 114 cm³/mol. The van der Waals surface area contributed by atoms with E-state index in [2.05, 4.69) is 22.2 Å². The van der Waals surface area contributed by atoms with Crippen LogP contribution in [0.1, 0.15) is 22.8 Å². The number of piperazine rings is 1. The zero-order valence-corrected chi connectivity index (χ0v) is 17.3. The molecule has 2 aromatic rings. The van der Waals surface area contributed by atoms with Gasteiger partial charge < -0.3 is 19.9 Å². The molecule has 2 aromatic carbocycles. The van der Waals surface area contributed by atoms with E-state index in [4.69, 9.17) is 16.3 Å². The van der Waals surface area contributed by atoms with Gasteiger partial charge in [0.05, 0.1) is 16.9 Å². The summed E-state index contributed by atoms with van der Waals surface area (Å²) in [6.45, 7) is 5.27. The van der Waals surface area contributed by atoms with Crippen molar-refractivity contribution in [2.75, 3.05) is 43.4 Å². The van der Waals surface area contributed by atoms with Crippen LogP contribution in [0.15, 0.2) is 42.5 Å². The average molecular weight is 414 g/mol. The third-order valence-corrected chi connectivity index (χ3v) is 5.85. The van der Waals surface area contributed by atoms with E-state index in [1.165, 1.54) is 0 Å². The highest BCUT2D eigenvalue weighted by Crippen LogP contribution is 2.33. The van der Waals surface area contributed by atoms with Gasteiger partial charge in [0.1, 0.15) is 0 Å². The molecule has 2 aliphatic rings. The SMILES string of the molecule is CN1CCN(c2ccc(Cl)cc2NC(=O)C2(C)Cc3ccccc3C(=O)O2)CC1. The third kappa shape index (κ3) is 3.95. The van der Waals surface area contributed by atoms with Crippen LogP contribution in [0.5, 0.6) is 0 Å². The monoisotopic (exact) mass is 413 g/mol. The zero-order chi connectivity index (χ0) is 20.6. The van der Waals surface area contributed by atoms with Crippen molar-refractivity contribution in [3.63, 3.8) is 0 Å². The number of esters is 1. The van der Waals surface area contributed by atoms with Gasteiger partial charge in [0.15, 0.2) is 5.60 Å². The van der Waals surface area contributed by atoms with Crippen molar-refractivity contribution < 1.29 is 14.3 Å². The first-order valence-corrected chi connectivity index (χ1v) is 10.1. The minimum absolute atomic E-state index is 0.325. The molecule has 0 aromatic heterocycles. The molecule has 7 heteroatoms. The first kappa shape index (κ1) is 19.7. The molecule has 1 amide bonds. The molecular weight excluding hydrogens is 390 g/mol. The van der Waals surface area contributed by atoms with Gasteiger partial charge in [-0.1, -0.05) is 29.8 Å². The molecule has 1 N–H and O–H groups in total. The summed E-state index contributed by atoms with van der Waals surface area (Å²) in [5.74, 6) is -0.840. The summed E-state index contributed by atoms with van der Waals surface area (Å²) in [6, 6.07) is 12.7. The number of hydrogen-bond donors (Lipinski definition) is 1. The van der Waals surface area contributed by atoms with Crippen LogP contribution in [0.4, 0.5) is 11.4 Å². The maximum absolute atomic E-state index is 13.2. The van der Waals surface area contributed by atoms with E-state index in [0.717, 1.165) is 37.4 Å². The fraction of sp³-hybridized carbons (Fsp3) is 0.364. The summed E-state index contributed by atoms with van der Waals surface area (Å²) >= 11 is 6.21. The van der Waals surface area contributed by atoms with Gasteiger partial charge in [0.25, 0.3) is 5.91 Å². The van der Waals surface area contributed by atoms with Crippen LogP contribution >= 0.6 is 11.6 Å². The quantitative estimate of drug-likeness (QED) is 0.783. The number of cyclic esters (lactones) is 1. The van der Waals surface area contributed by atoms with Crippen molar-refractivity contribution in [2.45, 2.75) is 18.9 Å². The van der Waals surface area contributed by atoms with Gasteiger partial charge in [-0.3, -0.25) is 4.79 Å². The Balaban J connectivity index is 1.59. The number of fused-ring (bicyclic) bond motifs is 1. The molecule has 0 bridgehead atoms. The molecule has 0 radical (unpaired) electrons. The highest BCUT2D eigenvalue weighted by molar-refractivity contribution is 6.31. The highest BCUT2D eigenvalue weighted by Gasteiger charge is 2.43. The van der Waals surface area contributed by atoms with E-state index in [-0.39, 0.29) is 5.91 Å². The molecule has 1 atom stereocenters. The van der Waals surface area contributed by atoms with Crippen molar-refractivity contribution >= 4 is 34.9 Å². The number of ether oxygens (including phenoxy) is 1. The van der Waals surface area contributed by atoms with Crippen molar-refractivity contribution in [1.82, 2.24) is 4.90 Å². The Morgan fingerprint density at radius 1 is 1.14 bits per heavy atom. The Hall–Kier alpha value is -2.57. The molecule has 0 saturated carbocycles. The van der Waals surface area contributed by atoms with Crippen LogP contribution in [-0.4, -0.2) is 55.6 Å². The van der Waals surface area contributed by atoms with Crippen LogP contribution in [0, 0.1) is 0 Å². The summed E-state index contributed by atoms with van der Waals surface area (Å²) in [4.78, 5) is 30.1. The number of hydrogen-bond acceptors (Lipinski definition) is 5. The Morgan fingerprint density at radius 3 is 2.62 bits per heavy atom. The lowest BCUT2D eigenvalue weighted by Gasteiger charge is -2.36. The maximum Gasteiger partial charge on any atom is 0.339 e. The predicted octanol–water partition coefficient (Wildman–Crippen LogP) is 3.20. The summed E-state index contributed by atoms with van der Waals surface area (Å²) in [5, 5.41) is 3.50. The van der Waals surface area contributed by atoms with Gasteiger partial charge in [-0.15, -0.1) is 0 Å². The Morgan fingerprint density at radius 2 is 1.86 bits per heavy atom. The molecule has 1 fully saturated rings. The highest BCUT2D eigenvalue weighted by atomic mass is 35.5. The van der Waals surface area contributed by atoms with E-state index in [0.29, 0.717) is 22.7 Å². The number of nitrogens with zero attached hydrogens (tertiary/aromatic N) is 2. The Labute approximate surface area is 175 Å². The summed E-state index contributed by atoms with van der Waals surface area (Å²) in [6.07, 6.45) is 0.325. The molecule has 4 rings (SSSR count). The first-order valence-electron chi connectivity index (χ1n) is 9.71. The molecular formula is C22H24ClN3O3. The first-order chi connectivity index (χ1) is 13.9. The number of nitrogens with one attached hydrogen (secondary N) is 1. The van der Waals surface area contributed by atoms with Gasteiger partial charge in [-0.25, -0.2) is 4.79 Å². The van der Waals surface area contributed by atoms with Gasteiger partial charge in [0.2, 0.25) is 0 Å². The van der Waals surface area contributed by atoms with Crippen LogP contribution in [-0.2, 0) is 16.0 Å². The number of likely N-dealkylation sites (N-methyl/N-ethyl adjacent to an activating group) is 1. The second-order valence-corrected chi connectivity index (χ2v) is 8.30. The van der Waals surface area contributed by atoms with Gasteiger partial charge in [-0.2, -0.15) is 0 Å². The number of amides is 1. The van der Waals surface area contributed by atoms with Gasteiger partial charge >= 0.3 is 5.97 Å². The van der Waals surface area contributed by atoms with Crippen molar-refractivity contribution in [3.8, 4) is 0 Å². The van der Waals surface area contributed by atoms with Gasteiger partial charge in [-0.05, 0) is 43.8 Å². The van der Waals surface area contributed by atoms with Crippen LogP contribution in [0.25, 0.3) is 0 Å². The molecule has 2 aliphatic heterocycles. The summed E-state index contributed by atoms with van der Waals surface area (Å²) < 4.78 is 5.56. The number of benzene rings is 2. The number of halogens is 1. The van der Waals surface area contributed by atoms with Gasteiger partial charge in [0, 0.05) is 37.6 Å². The minimum atomic E-state index is -1.28. The number of anilines is 2. The number of rotatable bonds is 3. The summed E-state index contributed by atoms with van der Waals surface area (Å²) in [5.41, 5.74) is 1.59. The van der Waals surface area contributed by atoms with Crippen molar-refractivity contribution in [2.24, 2.45) is 0 Å². The Bertz CT molecular complexity index is 956. The van der Waals surface area contributed by atoms with E-state index in [9.17, 15) is 9.59 Å². The molecule has 1 saturated heterocycles. The lowest BCUT2D eigenvalue weighted by atomic mass is 9.89. The molecule has 29 heavy (non-hydrogen) atoms. The van der Waals surface area contributed by atoms with E-state index in [1.54, 1.807) is 25.1 Å². The molecule has 2 heterocycles. The van der Waals surface area contributed by atoms with E-state index in [1.807, 2.05) is 24.3 Å². The number of carbonyl (C=O) groups excluding carboxylic acids is 2. The largest absolute Gasteiger partial charge is 0.445 e. The Kier molecular flexibility index (Phi) is 5.23. The van der Waals surface area contributed by atoms with Crippen molar-refractivity contribution in [3.05, 3.63) is 58.6 Å². The lowest BCUT2D eigenvalue weighted by molar-refractivity contribution is -0.134. The molecule has 0 aliphatic carbocycles. The van der Waals surface area contributed by atoms with Crippen molar-refractivity contribution in [1.29, 1.82) is 0 Å². The normalized spacial score (nSPS) is 22.0. The van der Waals surface area contributed by atoms with Crippen LogP contribution < -0.4 is 10.2 Å². The maximum atomic E-state index is 13.2.